The third-order valence-corrected chi connectivity index (χ3v) is 3.99. The van der Waals surface area contributed by atoms with Gasteiger partial charge in [-0.15, -0.1) is 0 Å². The van der Waals surface area contributed by atoms with Crippen LogP contribution in [0.2, 0.25) is 0 Å². The van der Waals surface area contributed by atoms with Crippen LogP contribution in [0, 0.1) is 0 Å². The summed E-state index contributed by atoms with van der Waals surface area (Å²) in [4.78, 5) is 7.66. The van der Waals surface area contributed by atoms with Crippen LogP contribution in [0.1, 0.15) is 11.5 Å². The minimum absolute atomic E-state index is 0.0329. The van der Waals surface area contributed by atoms with E-state index in [1.54, 1.807) is 7.05 Å². The quantitative estimate of drug-likeness (QED) is 0.703. The van der Waals surface area contributed by atoms with Gasteiger partial charge in [-0.2, -0.15) is 5.10 Å². The second-order valence-corrected chi connectivity index (χ2v) is 6.05. The summed E-state index contributed by atoms with van der Waals surface area (Å²) in [5.74, 6) is 0.358. The van der Waals surface area contributed by atoms with Crippen molar-refractivity contribution in [3.05, 3.63) is 36.2 Å². The van der Waals surface area contributed by atoms with Crippen molar-refractivity contribution in [1.82, 2.24) is 24.5 Å². The van der Waals surface area contributed by atoms with Gasteiger partial charge in [0.2, 0.25) is 10.0 Å². The molecular formula is C10H12N6O2S2. The van der Waals surface area contributed by atoms with Gasteiger partial charge in [-0.25, -0.2) is 18.1 Å². The lowest BCUT2D eigenvalue weighted by Gasteiger charge is -2.08. The second-order valence-electron chi connectivity index (χ2n) is 3.87. The smallest absolute Gasteiger partial charge is 0.243 e. The third-order valence-electron chi connectivity index (χ3n) is 2.36. The summed E-state index contributed by atoms with van der Waals surface area (Å²) in [6, 6.07) is 2.88. The van der Waals surface area contributed by atoms with Gasteiger partial charge < -0.3 is 5.73 Å². The van der Waals surface area contributed by atoms with Crippen molar-refractivity contribution in [2.45, 2.75) is 11.4 Å². The summed E-state index contributed by atoms with van der Waals surface area (Å²) in [6.07, 6.45) is 2.90. The summed E-state index contributed by atoms with van der Waals surface area (Å²) in [5.41, 5.74) is 5.53. The zero-order valence-corrected chi connectivity index (χ0v) is 12.1. The Hall–Kier alpha value is -1.91. The zero-order chi connectivity index (χ0) is 14.8. The molecule has 0 atom stereocenters. The van der Waals surface area contributed by atoms with Crippen LogP contribution >= 0.6 is 12.2 Å². The fourth-order valence-corrected chi connectivity index (χ4v) is 2.87. The predicted octanol–water partition coefficient (Wildman–Crippen LogP) is -0.677. The Morgan fingerprint density at radius 1 is 1.50 bits per heavy atom. The molecule has 20 heavy (non-hydrogen) atoms. The van der Waals surface area contributed by atoms with Crippen molar-refractivity contribution in [3.63, 3.8) is 0 Å². The summed E-state index contributed by atoms with van der Waals surface area (Å²) in [6.45, 7) is -0.0329. The van der Waals surface area contributed by atoms with Gasteiger partial charge in [-0.3, -0.25) is 9.67 Å². The number of sulfonamides is 1. The molecule has 0 saturated heterocycles. The molecule has 0 amide bonds. The minimum Gasteiger partial charge on any atom is -0.388 e. The van der Waals surface area contributed by atoms with Crippen molar-refractivity contribution in [3.8, 4) is 0 Å². The maximum Gasteiger partial charge on any atom is 0.243 e. The molecule has 3 N–H and O–H groups in total. The first-order chi connectivity index (χ1) is 9.40. The number of rotatable bonds is 5. The fraction of sp³-hybridized carbons (Fsp3) is 0.200. The lowest BCUT2D eigenvalue weighted by atomic mass is 10.3. The van der Waals surface area contributed by atoms with Crippen LogP contribution < -0.4 is 10.5 Å². The summed E-state index contributed by atoms with van der Waals surface area (Å²) in [5, 5.41) is 3.98. The topological polar surface area (TPSA) is 116 Å². The van der Waals surface area contributed by atoms with Crippen molar-refractivity contribution in [1.29, 1.82) is 0 Å². The van der Waals surface area contributed by atoms with Gasteiger partial charge in [0.15, 0.2) is 5.82 Å². The van der Waals surface area contributed by atoms with Crippen LogP contribution in [0.15, 0.2) is 29.6 Å². The van der Waals surface area contributed by atoms with E-state index in [0.29, 0.717) is 5.82 Å². The van der Waals surface area contributed by atoms with Crippen LogP contribution in [0.3, 0.4) is 0 Å². The molecule has 2 aromatic heterocycles. The Balaban J connectivity index is 2.25. The van der Waals surface area contributed by atoms with E-state index in [0.717, 1.165) is 0 Å². The number of nitrogens with two attached hydrogens (primary N) is 1. The molecule has 2 heterocycles. The Morgan fingerprint density at radius 3 is 2.85 bits per heavy atom. The van der Waals surface area contributed by atoms with Gasteiger partial charge in [0.25, 0.3) is 0 Å². The summed E-state index contributed by atoms with van der Waals surface area (Å²) in [7, 11) is -2.10. The lowest BCUT2D eigenvalue weighted by Crippen LogP contribution is -2.27. The van der Waals surface area contributed by atoms with Gasteiger partial charge in [-0.1, -0.05) is 12.2 Å². The third kappa shape index (κ3) is 3.15. The molecule has 0 saturated carbocycles. The van der Waals surface area contributed by atoms with Gasteiger partial charge in [0, 0.05) is 13.2 Å². The highest BCUT2D eigenvalue weighted by Gasteiger charge is 2.20. The normalized spacial score (nSPS) is 11.4. The number of hydrogen-bond acceptors (Lipinski definition) is 6. The maximum absolute atomic E-state index is 12.2. The number of nitrogens with zero attached hydrogens (tertiary/aromatic N) is 4. The first-order valence-electron chi connectivity index (χ1n) is 5.49. The number of aryl methyl sites for hydroxylation is 1. The molecule has 10 heteroatoms. The zero-order valence-electron chi connectivity index (χ0n) is 10.5. The predicted molar refractivity (Wildman–Crippen MR) is 75.2 cm³/mol. The molecule has 0 spiro atoms. The average molecular weight is 312 g/mol. The molecule has 2 rings (SSSR count). The van der Waals surface area contributed by atoms with E-state index in [9.17, 15) is 8.42 Å². The molecule has 2 aromatic rings. The van der Waals surface area contributed by atoms with Gasteiger partial charge in [0.1, 0.15) is 21.9 Å². The van der Waals surface area contributed by atoms with E-state index in [4.69, 9.17) is 18.0 Å². The summed E-state index contributed by atoms with van der Waals surface area (Å²) < 4.78 is 28.3. The number of aromatic nitrogens is 4. The molecule has 0 bridgehead atoms. The highest BCUT2D eigenvalue weighted by molar-refractivity contribution is 7.89. The monoisotopic (exact) mass is 312 g/mol. The molecule has 0 radical (unpaired) electrons. The van der Waals surface area contributed by atoms with E-state index in [1.165, 1.54) is 29.3 Å². The van der Waals surface area contributed by atoms with E-state index in [1.807, 2.05) is 0 Å². The number of pyridine rings is 1. The lowest BCUT2D eigenvalue weighted by molar-refractivity contribution is 0.578. The molecule has 0 unspecified atom stereocenters. The number of thiocarbonyl (C=S) groups is 1. The number of hydrogen-bond donors (Lipinski definition) is 2. The van der Waals surface area contributed by atoms with Gasteiger partial charge in [0.05, 0.1) is 6.54 Å². The van der Waals surface area contributed by atoms with Crippen molar-refractivity contribution < 1.29 is 8.42 Å². The fourth-order valence-electron chi connectivity index (χ4n) is 1.49. The maximum atomic E-state index is 12.2. The van der Waals surface area contributed by atoms with Crippen LogP contribution in [0.5, 0.6) is 0 Å². The molecule has 0 aliphatic heterocycles. The van der Waals surface area contributed by atoms with E-state index < -0.39 is 10.0 Å². The Kier molecular flexibility index (Phi) is 4.06. The molecular weight excluding hydrogens is 300 g/mol. The van der Waals surface area contributed by atoms with E-state index in [-0.39, 0.29) is 22.1 Å². The van der Waals surface area contributed by atoms with Crippen molar-refractivity contribution >= 4 is 27.2 Å². The minimum atomic E-state index is -3.79. The van der Waals surface area contributed by atoms with Gasteiger partial charge >= 0.3 is 0 Å². The Bertz CT molecular complexity index is 740. The first-order valence-corrected chi connectivity index (χ1v) is 7.38. The SMILES string of the molecule is Cn1cnc(CNS(=O)(=O)c2cccnc2C(N)=S)n1. The highest BCUT2D eigenvalue weighted by Crippen LogP contribution is 2.12. The van der Waals surface area contributed by atoms with E-state index >= 15 is 0 Å². The number of nitrogens with one attached hydrogen (secondary N) is 1. The second kappa shape index (κ2) is 5.61. The molecule has 0 aliphatic rings. The standard InChI is InChI=1S/C10H12N6O2S2/c1-16-6-13-8(15-16)5-14-20(17,18)7-3-2-4-12-9(7)10(11)19/h2-4,6,14H,5H2,1H3,(H2,11,19). The van der Waals surface area contributed by atoms with Crippen molar-refractivity contribution in [2.75, 3.05) is 0 Å². The molecule has 106 valence electrons. The molecule has 0 aromatic carbocycles. The van der Waals surface area contributed by atoms with Crippen molar-refractivity contribution in [2.24, 2.45) is 12.8 Å². The van der Waals surface area contributed by atoms with Crippen LogP contribution in [-0.4, -0.2) is 33.2 Å². The van der Waals surface area contributed by atoms with Crippen LogP contribution in [-0.2, 0) is 23.6 Å². The van der Waals surface area contributed by atoms with E-state index in [2.05, 4.69) is 19.8 Å². The largest absolute Gasteiger partial charge is 0.388 e. The molecule has 0 fully saturated rings. The molecule has 8 nitrogen and oxygen atoms in total. The first kappa shape index (κ1) is 14.5. The van der Waals surface area contributed by atoms with Gasteiger partial charge in [-0.05, 0) is 12.1 Å². The highest BCUT2D eigenvalue weighted by atomic mass is 32.2. The Morgan fingerprint density at radius 2 is 2.25 bits per heavy atom. The van der Waals surface area contributed by atoms with Crippen LogP contribution in [0.4, 0.5) is 0 Å². The molecule has 0 aliphatic carbocycles. The Labute approximate surface area is 121 Å². The summed E-state index contributed by atoms with van der Waals surface area (Å²) >= 11 is 4.79. The van der Waals surface area contributed by atoms with Crippen LogP contribution in [0.25, 0.3) is 0 Å². The average Bonchev–Trinajstić information content (AvgIpc) is 2.82.